The third-order valence-electron chi connectivity index (χ3n) is 4.23. The first kappa shape index (κ1) is 13.4. The summed E-state index contributed by atoms with van der Waals surface area (Å²) in [6, 6.07) is 6.97. The zero-order valence-electron chi connectivity index (χ0n) is 11.9. The molecule has 20 heavy (non-hydrogen) atoms. The first-order valence-electron chi connectivity index (χ1n) is 7.55. The third kappa shape index (κ3) is 2.96. The molecule has 1 aliphatic carbocycles. The van der Waals surface area contributed by atoms with E-state index in [4.69, 9.17) is 4.74 Å². The average Bonchev–Trinajstić information content (AvgIpc) is 2.47. The molecule has 1 atom stereocenters. The van der Waals surface area contributed by atoms with Gasteiger partial charge in [-0.3, -0.25) is 4.79 Å². The number of carbonyl (C=O) groups excluding carboxylic acids is 1. The van der Waals surface area contributed by atoms with Gasteiger partial charge in [0.05, 0.1) is 5.69 Å². The molecule has 0 saturated heterocycles. The van der Waals surface area contributed by atoms with Crippen LogP contribution in [0.1, 0.15) is 50.6 Å². The zero-order valence-corrected chi connectivity index (χ0v) is 11.9. The monoisotopic (exact) mass is 274 g/mol. The Morgan fingerprint density at radius 2 is 2.10 bits per heavy atom. The second-order valence-corrected chi connectivity index (χ2v) is 5.82. The molecule has 0 aromatic heterocycles. The molecule has 3 rings (SSSR count). The summed E-state index contributed by atoms with van der Waals surface area (Å²) in [4.78, 5) is 11.4. The molecule has 1 unspecified atom stereocenters. The van der Waals surface area contributed by atoms with Gasteiger partial charge in [-0.15, -0.1) is 0 Å². The van der Waals surface area contributed by atoms with Gasteiger partial charge in [-0.2, -0.15) is 0 Å². The molecule has 1 amide bonds. The van der Waals surface area contributed by atoms with Crippen LogP contribution >= 0.6 is 0 Å². The van der Waals surface area contributed by atoms with Gasteiger partial charge in [0.15, 0.2) is 6.61 Å². The summed E-state index contributed by atoms with van der Waals surface area (Å²) >= 11 is 0. The van der Waals surface area contributed by atoms with Crippen LogP contribution in [0.25, 0.3) is 0 Å². The van der Waals surface area contributed by atoms with Gasteiger partial charge in [-0.05, 0) is 37.5 Å². The minimum atomic E-state index is -0.0810. The van der Waals surface area contributed by atoms with Crippen molar-refractivity contribution in [3.8, 4) is 5.75 Å². The molecular weight excluding hydrogens is 252 g/mol. The van der Waals surface area contributed by atoms with Crippen molar-refractivity contribution in [3.05, 3.63) is 23.8 Å². The fourth-order valence-corrected chi connectivity index (χ4v) is 3.09. The van der Waals surface area contributed by atoms with E-state index in [1.807, 2.05) is 12.1 Å². The number of amides is 1. The normalized spacial score (nSPS) is 20.8. The van der Waals surface area contributed by atoms with Crippen LogP contribution in [0.2, 0.25) is 0 Å². The Morgan fingerprint density at radius 1 is 1.30 bits per heavy atom. The summed E-state index contributed by atoms with van der Waals surface area (Å²) in [7, 11) is 0. The third-order valence-corrected chi connectivity index (χ3v) is 4.23. The van der Waals surface area contributed by atoms with E-state index in [1.165, 1.54) is 37.7 Å². The van der Waals surface area contributed by atoms with Crippen LogP contribution in [-0.2, 0) is 4.79 Å². The fourth-order valence-electron chi connectivity index (χ4n) is 3.09. The number of hydrogen-bond donors (Lipinski definition) is 2. The van der Waals surface area contributed by atoms with Crippen molar-refractivity contribution in [1.29, 1.82) is 0 Å². The minimum Gasteiger partial charge on any atom is -0.482 e. The van der Waals surface area contributed by atoms with Crippen LogP contribution in [0.15, 0.2) is 18.2 Å². The minimum absolute atomic E-state index is 0.0810. The first-order chi connectivity index (χ1) is 9.72. The van der Waals surface area contributed by atoms with Gasteiger partial charge >= 0.3 is 0 Å². The van der Waals surface area contributed by atoms with E-state index in [1.54, 1.807) is 0 Å². The van der Waals surface area contributed by atoms with Gasteiger partial charge in [0.1, 0.15) is 5.75 Å². The maximum Gasteiger partial charge on any atom is 0.262 e. The van der Waals surface area contributed by atoms with Gasteiger partial charge in [-0.25, -0.2) is 0 Å². The van der Waals surface area contributed by atoms with Gasteiger partial charge in [0.2, 0.25) is 0 Å². The Balaban J connectivity index is 1.69. The molecule has 0 radical (unpaired) electrons. The number of anilines is 1. The maximum atomic E-state index is 11.4. The molecular formula is C16H22N2O2. The van der Waals surface area contributed by atoms with E-state index in [-0.39, 0.29) is 12.5 Å². The molecule has 1 fully saturated rings. The van der Waals surface area contributed by atoms with Gasteiger partial charge in [0, 0.05) is 12.1 Å². The van der Waals surface area contributed by atoms with Crippen molar-refractivity contribution in [2.45, 2.75) is 51.1 Å². The average molecular weight is 274 g/mol. The molecule has 1 aromatic carbocycles. The Morgan fingerprint density at radius 3 is 2.90 bits per heavy atom. The maximum absolute atomic E-state index is 11.4. The van der Waals surface area contributed by atoms with Crippen LogP contribution in [0, 0.1) is 0 Å². The standard InChI is InChI=1S/C16H22N2O2/c1-11(17-13-5-3-2-4-6-13)12-7-8-15-14(9-12)18-16(19)10-20-15/h7-9,11,13,17H,2-6,10H2,1H3,(H,18,19). The van der Waals surface area contributed by atoms with E-state index < -0.39 is 0 Å². The van der Waals surface area contributed by atoms with Gasteiger partial charge in [-0.1, -0.05) is 25.3 Å². The Bertz CT molecular complexity index is 495. The van der Waals surface area contributed by atoms with Crippen molar-refractivity contribution in [1.82, 2.24) is 5.32 Å². The van der Waals surface area contributed by atoms with Crippen molar-refractivity contribution in [2.75, 3.05) is 11.9 Å². The highest BCUT2D eigenvalue weighted by molar-refractivity contribution is 5.95. The molecule has 1 aromatic rings. The van der Waals surface area contributed by atoms with Crippen LogP contribution in [0.5, 0.6) is 5.75 Å². The molecule has 4 heteroatoms. The molecule has 4 nitrogen and oxygen atoms in total. The Kier molecular flexibility index (Phi) is 3.92. The number of fused-ring (bicyclic) bond motifs is 1. The predicted octanol–water partition coefficient (Wildman–Crippen LogP) is 3.00. The summed E-state index contributed by atoms with van der Waals surface area (Å²) in [6.07, 6.45) is 6.58. The highest BCUT2D eigenvalue weighted by Gasteiger charge is 2.19. The van der Waals surface area contributed by atoms with Crippen molar-refractivity contribution in [3.63, 3.8) is 0 Å². The molecule has 1 saturated carbocycles. The van der Waals surface area contributed by atoms with E-state index in [0.29, 0.717) is 12.1 Å². The second kappa shape index (κ2) is 5.83. The lowest BCUT2D eigenvalue weighted by atomic mass is 9.94. The summed E-state index contributed by atoms with van der Waals surface area (Å²) in [5, 5.41) is 6.57. The molecule has 108 valence electrons. The van der Waals surface area contributed by atoms with Crippen LogP contribution in [0.3, 0.4) is 0 Å². The van der Waals surface area contributed by atoms with Crippen molar-refractivity contribution < 1.29 is 9.53 Å². The van der Waals surface area contributed by atoms with Gasteiger partial charge < -0.3 is 15.4 Å². The molecule has 1 aliphatic heterocycles. The number of benzene rings is 1. The molecule has 0 spiro atoms. The topological polar surface area (TPSA) is 50.4 Å². The van der Waals surface area contributed by atoms with Crippen LogP contribution in [-0.4, -0.2) is 18.6 Å². The molecule has 2 aliphatic rings. The van der Waals surface area contributed by atoms with E-state index >= 15 is 0 Å². The predicted molar refractivity (Wildman–Crippen MR) is 79.0 cm³/mol. The Labute approximate surface area is 119 Å². The van der Waals surface area contributed by atoms with Crippen LogP contribution < -0.4 is 15.4 Å². The highest BCUT2D eigenvalue weighted by Crippen LogP contribution is 2.31. The highest BCUT2D eigenvalue weighted by atomic mass is 16.5. The summed E-state index contributed by atoms with van der Waals surface area (Å²) < 4.78 is 5.39. The number of ether oxygens (including phenoxy) is 1. The second-order valence-electron chi connectivity index (χ2n) is 5.82. The Hall–Kier alpha value is -1.55. The first-order valence-corrected chi connectivity index (χ1v) is 7.55. The quantitative estimate of drug-likeness (QED) is 0.891. The van der Waals surface area contributed by atoms with E-state index in [9.17, 15) is 4.79 Å². The molecule has 1 heterocycles. The number of carbonyl (C=O) groups is 1. The van der Waals surface area contributed by atoms with E-state index in [0.717, 1.165) is 11.4 Å². The van der Waals surface area contributed by atoms with E-state index in [2.05, 4.69) is 23.6 Å². The lowest BCUT2D eigenvalue weighted by Crippen LogP contribution is -2.33. The zero-order chi connectivity index (χ0) is 13.9. The number of nitrogens with one attached hydrogen (secondary N) is 2. The largest absolute Gasteiger partial charge is 0.482 e. The SMILES string of the molecule is CC(NC1CCCCC1)c1ccc2c(c1)NC(=O)CO2. The summed E-state index contributed by atoms with van der Waals surface area (Å²) in [5.74, 6) is 0.681. The molecule has 0 bridgehead atoms. The molecule has 2 N–H and O–H groups in total. The smallest absolute Gasteiger partial charge is 0.262 e. The van der Waals surface area contributed by atoms with Gasteiger partial charge in [0.25, 0.3) is 5.91 Å². The summed E-state index contributed by atoms with van der Waals surface area (Å²) in [5.41, 5.74) is 1.98. The summed E-state index contributed by atoms with van der Waals surface area (Å²) in [6.45, 7) is 2.30. The lowest BCUT2D eigenvalue weighted by molar-refractivity contribution is -0.118. The lowest BCUT2D eigenvalue weighted by Gasteiger charge is -2.27. The number of hydrogen-bond acceptors (Lipinski definition) is 3. The number of rotatable bonds is 3. The van der Waals surface area contributed by atoms with Crippen molar-refractivity contribution >= 4 is 11.6 Å². The van der Waals surface area contributed by atoms with Crippen LogP contribution in [0.4, 0.5) is 5.69 Å². The fraction of sp³-hybridized carbons (Fsp3) is 0.562. The van der Waals surface area contributed by atoms with Crippen molar-refractivity contribution in [2.24, 2.45) is 0 Å².